The van der Waals surface area contributed by atoms with Crippen molar-refractivity contribution in [3.8, 4) is 17.1 Å². The minimum atomic E-state index is -0.573. The summed E-state index contributed by atoms with van der Waals surface area (Å²) in [5.74, 6) is 1.12. The third-order valence-corrected chi connectivity index (χ3v) is 3.68. The van der Waals surface area contributed by atoms with E-state index in [4.69, 9.17) is 4.74 Å². The Hall–Kier alpha value is -2.34. The largest absolute Gasteiger partial charge is 0.497 e. The van der Waals surface area contributed by atoms with Gasteiger partial charge in [-0.15, -0.1) is 0 Å². The Bertz CT molecular complexity index is 679. The highest BCUT2D eigenvalue weighted by Crippen LogP contribution is 2.22. The molecule has 6 heteroatoms. The molecule has 0 aliphatic heterocycles. The molecule has 1 aromatic carbocycles. The molecule has 2 rings (SSSR count). The fourth-order valence-electron chi connectivity index (χ4n) is 2.11. The molecular weight excluding hydrogens is 294 g/mol. The van der Waals surface area contributed by atoms with Crippen molar-refractivity contribution in [2.75, 3.05) is 13.7 Å². The van der Waals surface area contributed by atoms with Crippen LogP contribution >= 0.6 is 0 Å². The number of hydrogen-bond donors (Lipinski definition) is 3. The maximum Gasteiger partial charge on any atom is 0.271 e. The summed E-state index contributed by atoms with van der Waals surface area (Å²) in [5.41, 5.74) is 1.85. The molecule has 0 spiro atoms. The van der Waals surface area contributed by atoms with Crippen LogP contribution in [0.5, 0.6) is 5.75 Å². The molecule has 1 aromatic heterocycles. The normalized spacial score (nSPS) is 12.3. The standard InChI is InChI=1S/C17H23N3O3/c1-10(2)14(21)9-18-17(22)15-11(3)19-16(20-15)12-6-5-7-13(8-12)23-4/h5-8,10,14,21H,9H2,1-4H3,(H,18,22)(H,19,20). The van der Waals surface area contributed by atoms with Crippen LogP contribution in [0.15, 0.2) is 24.3 Å². The number of aryl methyl sites for hydroxylation is 1. The van der Waals surface area contributed by atoms with Crippen LogP contribution in [0.1, 0.15) is 30.0 Å². The van der Waals surface area contributed by atoms with Gasteiger partial charge in [0.15, 0.2) is 0 Å². The fraction of sp³-hybridized carbons (Fsp3) is 0.412. The van der Waals surface area contributed by atoms with Gasteiger partial charge < -0.3 is 20.1 Å². The predicted octanol–water partition coefficient (Wildman–Crippen LogP) is 2.14. The van der Waals surface area contributed by atoms with Crippen molar-refractivity contribution in [3.05, 3.63) is 35.7 Å². The predicted molar refractivity (Wildman–Crippen MR) is 88.5 cm³/mol. The smallest absolute Gasteiger partial charge is 0.271 e. The maximum atomic E-state index is 12.2. The Morgan fingerprint density at radius 1 is 1.43 bits per heavy atom. The highest BCUT2D eigenvalue weighted by Gasteiger charge is 2.17. The van der Waals surface area contributed by atoms with Gasteiger partial charge in [-0.3, -0.25) is 4.79 Å². The number of nitrogens with zero attached hydrogens (tertiary/aromatic N) is 1. The molecule has 0 aliphatic rings. The average Bonchev–Trinajstić information content (AvgIpc) is 2.94. The van der Waals surface area contributed by atoms with Crippen LogP contribution in [0.3, 0.4) is 0 Å². The number of methoxy groups -OCH3 is 1. The molecule has 0 bridgehead atoms. The Balaban J connectivity index is 2.15. The Kier molecular flexibility index (Phi) is 5.39. The van der Waals surface area contributed by atoms with E-state index in [1.165, 1.54) is 0 Å². The first-order valence-electron chi connectivity index (χ1n) is 7.59. The third-order valence-electron chi connectivity index (χ3n) is 3.68. The van der Waals surface area contributed by atoms with Crippen LogP contribution in [-0.2, 0) is 0 Å². The average molecular weight is 317 g/mol. The molecule has 2 aromatic rings. The number of carbonyl (C=O) groups is 1. The lowest BCUT2D eigenvalue weighted by atomic mass is 10.1. The number of benzene rings is 1. The number of imidazole rings is 1. The van der Waals surface area contributed by atoms with Gasteiger partial charge in [0.2, 0.25) is 0 Å². The number of carbonyl (C=O) groups excluding carboxylic acids is 1. The molecule has 23 heavy (non-hydrogen) atoms. The number of aliphatic hydroxyl groups excluding tert-OH is 1. The van der Waals surface area contributed by atoms with E-state index in [9.17, 15) is 9.90 Å². The van der Waals surface area contributed by atoms with Gasteiger partial charge in [-0.1, -0.05) is 26.0 Å². The topological polar surface area (TPSA) is 87.2 Å². The van der Waals surface area contributed by atoms with Crippen molar-refractivity contribution >= 4 is 5.91 Å². The number of hydrogen-bond acceptors (Lipinski definition) is 4. The molecule has 1 atom stereocenters. The number of aromatic amines is 1. The van der Waals surface area contributed by atoms with Gasteiger partial charge in [0.25, 0.3) is 5.91 Å². The van der Waals surface area contributed by atoms with Crippen molar-refractivity contribution in [2.45, 2.75) is 26.9 Å². The molecular formula is C17H23N3O3. The van der Waals surface area contributed by atoms with E-state index in [0.717, 1.165) is 11.3 Å². The fourth-order valence-corrected chi connectivity index (χ4v) is 2.11. The summed E-state index contributed by atoms with van der Waals surface area (Å²) in [6.07, 6.45) is -0.573. The van der Waals surface area contributed by atoms with Crippen molar-refractivity contribution in [3.63, 3.8) is 0 Å². The van der Waals surface area contributed by atoms with Gasteiger partial charge >= 0.3 is 0 Å². The van der Waals surface area contributed by atoms with Gasteiger partial charge in [0.05, 0.1) is 13.2 Å². The minimum Gasteiger partial charge on any atom is -0.497 e. The number of amides is 1. The van der Waals surface area contributed by atoms with Gasteiger partial charge in [-0.2, -0.15) is 0 Å². The van der Waals surface area contributed by atoms with Crippen molar-refractivity contribution in [1.29, 1.82) is 0 Å². The molecule has 1 unspecified atom stereocenters. The van der Waals surface area contributed by atoms with E-state index in [1.807, 2.05) is 38.1 Å². The van der Waals surface area contributed by atoms with Crippen LogP contribution in [0.2, 0.25) is 0 Å². The lowest BCUT2D eigenvalue weighted by Crippen LogP contribution is -2.35. The zero-order valence-corrected chi connectivity index (χ0v) is 13.9. The molecule has 0 saturated heterocycles. The second-order valence-corrected chi connectivity index (χ2v) is 5.81. The summed E-state index contributed by atoms with van der Waals surface area (Å²) < 4.78 is 5.20. The zero-order valence-electron chi connectivity index (χ0n) is 13.9. The molecule has 6 nitrogen and oxygen atoms in total. The molecule has 0 aliphatic carbocycles. The second-order valence-electron chi connectivity index (χ2n) is 5.81. The highest BCUT2D eigenvalue weighted by atomic mass is 16.5. The van der Waals surface area contributed by atoms with E-state index in [2.05, 4.69) is 15.3 Å². The van der Waals surface area contributed by atoms with Crippen LogP contribution in [0.25, 0.3) is 11.4 Å². The van der Waals surface area contributed by atoms with Crippen molar-refractivity contribution in [2.24, 2.45) is 5.92 Å². The van der Waals surface area contributed by atoms with E-state index in [1.54, 1.807) is 14.0 Å². The minimum absolute atomic E-state index is 0.0860. The summed E-state index contributed by atoms with van der Waals surface area (Å²) in [6.45, 7) is 5.80. The monoisotopic (exact) mass is 317 g/mol. The summed E-state index contributed by atoms with van der Waals surface area (Å²) in [7, 11) is 1.60. The van der Waals surface area contributed by atoms with Gasteiger partial charge in [-0.05, 0) is 25.0 Å². The van der Waals surface area contributed by atoms with Crippen LogP contribution in [-0.4, -0.2) is 40.7 Å². The van der Waals surface area contributed by atoms with Crippen LogP contribution in [0.4, 0.5) is 0 Å². The first kappa shape index (κ1) is 17.0. The molecule has 124 valence electrons. The quantitative estimate of drug-likeness (QED) is 0.762. The van der Waals surface area contributed by atoms with E-state index in [-0.39, 0.29) is 18.4 Å². The summed E-state index contributed by atoms with van der Waals surface area (Å²) in [6, 6.07) is 7.46. The Labute approximate surface area is 135 Å². The summed E-state index contributed by atoms with van der Waals surface area (Å²) in [5, 5.41) is 12.5. The molecule has 3 N–H and O–H groups in total. The number of nitrogens with one attached hydrogen (secondary N) is 2. The van der Waals surface area contributed by atoms with E-state index in [0.29, 0.717) is 17.2 Å². The first-order valence-corrected chi connectivity index (χ1v) is 7.59. The summed E-state index contributed by atoms with van der Waals surface area (Å²) in [4.78, 5) is 19.7. The SMILES string of the molecule is COc1cccc(-c2nc(C(=O)NCC(O)C(C)C)c(C)[nH]2)c1. The lowest BCUT2D eigenvalue weighted by molar-refractivity contribution is 0.0867. The van der Waals surface area contributed by atoms with E-state index >= 15 is 0 Å². The van der Waals surface area contributed by atoms with Gasteiger partial charge in [0, 0.05) is 17.8 Å². The molecule has 1 amide bonds. The number of H-pyrrole nitrogens is 1. The third kappa shape index (κ3) is 4.10. The molecule has 0 radical (unpaired) electrons. The lowest BCUT2D eigenvalue weighted by Gasteiger charge is -2.14. The number of aliphatic hydroxyl groups is 1. The van der Waals surface area contributed by atoms with Crippen molar-refractivity contribution in [1.82, 2.24) is 15.3 Å². The summed E-state index contributed by atoms with van der Waals surface area (Å²) >= 11 is 0. The highest BCUT2D eigenvalue weighted by molar-refractivity contribution is 5.94. The molecule has 0 fully saturated rings. The van der Waals surface area contributed by atoms with Crippen molar-refractivity contribution < 1.29 is 14.6 Å². The maximum absolute atomic E-state index is 12.2. The van der Waals surface area contributed by atoms with E-state index < -0.39 is 6.10 Å². The Morgan fingerprint density at radius 3 is 2.83 bits per heavy atom. The van der Waals surface area contributed by atoms with Crippen LogP contribution < -0.4 is 10.1 Å². The zero-order chi connectivity index (χ0) is 17.0. The molecule has 0 saturated carbocycles. The van der Waals surface area contributed by atoms with Gasteiger partial charge in [0.1, 0.15) is 17.3 Å². The molecule has 1 heterocycles. The van der Waals surface area contributed by atoms with Gasteiger partial charge in [-0.25, -0.2) is 4.98 Å². The number of rotatable bonds is 6. The van der Waals surface area contributed by atoms with Crippen LogP contribution in [0, 0.1) is 12.8 Å². The second kappa shape index (κ2) is 7.28. The number of aromatic nitrogens is 2. The first-order chi connectivity index (χ1) is 10.9. The Morgan fingerprint density at radius 2 is 2.17 bits per heavy atom. The number of ether oxygens (including phenoxy) is 1.